The van der Waals surface area contributed by atoms with Crippen LogP contribution in [0.15, 0.2) is 24.3 Å². The van der Waals surface area contributed by atoms with Gasteiger partial charge in [0.25, 0.3) is 11.6 Å². The number of thiol groups is 1. The Morgan fingerprint density at radius 3 is 2.37 bits per heavy atom. The fourth-order valence-corrected chi connectivity index (χ4v) is 2.25. The number of non-ortho nitro benzene ring substituents is 1. The van der Waals surface area contributed by atoms with Gasteiger partial charge in [-0.25, -0.2) is 9.59 Å². The minimum absolute atomic E-state index is 0.0386. The van der Waals surface area contributed by atoms with Crippen LogP contribution in [0.4, 0.5) is 10.5 Å². The molecule has 0 aromatic heterocycles. The second-order valence-electron chi connectivity index (χ2n) is 5.24. The smallest absolute Gasteiger partial charge is 0.467 e. The lowest BCUT2D eigenvalue weighted by Crippen LogP contribution is -2.47. The summed E-state index contributed by atoms with van der Waals surface area (Å²) < 4.78 is 9.48. The van der Waals surface area contributed by atoms with Crippen molar-refractivity contribution in [3.05, 3.63) is 39.9 Å². The third-order valence-electron chi connectivity index (χ3n) is 3.32. The minimum atomic E-state index is -1.22. The first-order valence-corrected chi connectivity index (χ1v) is 8.56. The van der Waals surface area contributed by atoms with Crippen LogP contribution in [0.1, 0.15) is 25.3 Å². The van der Waals surface area contributed by atoms with E-state index in [1.807, 2.05) is 0 Å². The molecule has 0 aliphatic heterocycles. The molecule has 11 heteroatoms. The highest BCUT2D eigenvalue weighted by atomic mass is 32.1. The molecule has 0 heterocycles. The molecule has 1 aromatic rings. The van der Waals surface area contributed by atoms with Gasteiger partial charge in [0.2, 0.25) is 0 Å². The molecule has 1 aromatic carbocycles. The van der Waals surface area contributed by atoms with Crippen LogP contribution in [0.5, 0.6) is 0 Å². The molecule has 1 amide bonds. The Balaban J connectivity index is 2.76. The number of carbonyl (C=O) groups is 3. The summed E-state index contributed by atoms with van der Waals surface area (Å²) in [5.41, 5.74) is 0.370. The number of hydroxylamine groups is 2. The van der Waals surface area contributed by atoms with E-state index in [1.165, 1.54) is 24.3 Å². The molecule has 0 spiro atoms. The normalized spacial score (nSPS) is 11.2. The van der Waals surface area contributed by atoms with Crippen LogP contribution in [0.3, 0.4) is 0 Å². The number of esters is 1. The molecule has 0 saturated heterocycles. The topological polar surface area (TPSA) is 125 Å². The van der Waals surface area contributed by atoms with E-state index < -0.39 is 29.0 Å². The van der Waals surface area contributed by atoms with E-state index in [4.69, 9.17) is 9.57 Å². The SMILES string of the molecule is CCCC(=O)N(OC(=O)OCc1ccc([N+](=O)[O-])cc1)C(CS)C(=O)OC. The van der Waals surface area contributed by atoms with Gasteiger partial charge in [-0.3, -0.25) is 14.9 Å². The lowest BCUT2D eigenvalue weighted by atomic mass is 10.2. The van der Waals surface area contributed by atoms with Crippen LogP contribution in [0, 0.1) is 10.1 Å². The highest BCUT2D eigenvalue weighted by molar-refractivity contribution is 7.80. The van der Waals surface area contributed by atoms with Crippen molar-refractivity contribution in [3.8, 4) is 0 Å². The molecule has 148 valence electrons. The predicted molar refractivity (Wildman–Crippen MR) is 95.8 cm³/mol. The van der Waals surface area contributed by atoms with Gasteiger partial charge in [0, 0.05) is 24.3 Å². The quantitative estimate of drug-likeness (QED) is 0.305. The van der Waals surface area contributed by atoms with E-state index >= 15 is 0 Å². The average Bonchev–Trinajstić information content (AvgIpc) is 2.66. The van der Waals surface area contributed by atoms with Crippen molar-refractivity contribution in [3.63, 3.8) is 0 Å². The van der Waals surface area contributed by atoms with Crippen molar-refractivity contribution >= 4 is 36.3 Å². The number of nitrogens with zero attached hydrogens (tertiary/aromatic N) is 2. The highest BCUT2D eigenvalue weighted by Gasteiger charge is 2.33. The van der Waals surface area contributed by atoms with E-state index in [0.29, 0.717) is 17.0 Å². The van der Waals surface area contributed by atoms with Gasteiger partial charge >= 0.3 is 12.1 Å². The van der Waals surface area contributed by atoms with Crippen molar-refractivity contribution in [1.82, 2.24) is 5.06 Å². The number of carbonyl (C=O) groups excluding carboxylic acids is 3. The van der Waals surface area contributed by atoms with Crippen LogP contribution in [0.2, 0.25) is 0 Å². The molecule has 27 heavy (non-hydrogen) atoms. The number of nitro benzene ring substituents is 1. The summed E-state index contributed by atoms with van der Waals surface area (Å²) in [5.74, 6) is -1.52. The molecule has 1 atom stereocenters. The van der Waals surface area contributed by atoms with E-state index in [1.54, 1.807) is 6.92 Å². The van der Waals surface area contributed by atoms with Crippen LogP contribution in [-0.2, 0) is 30.5 Å². The number of methoxy groups -OCH3 is 1. The van der Waals surface area contributed by atoms with Crippen LogP contribution in [0.25, 0.3) is 0 Å². The molecule has 10 nitrogen and oxygen atoms in total. The molecule has 0 aliphatic carbocycles. The lowest BCUT2D eigenvalue weighted by molar-refractivity contribution is -0.384. The summed E-state index contributed by atoms with van der Waals surface area (Å²) >= 11 is 3.99. The first kappa shape index (κ1) is 22.2. The Morgan fingerprint density at radius 2 is 1.89 bits per heavy atom. The van der Waals surface area contributed by atoms with E-state index in [-0.39, 0.29) is 24.5 Å². The van der Waals surface area contributed by atoms with E-state index in [2.05, 4.69) is 17.4 Å². The molecule has 1 unspecified atom stereocenters. The highest BCUT2D eigenvalue weighted by Crippen LogP contribution is 2.14. The van der Waals surface area contributed by atoms with Gasteiger partial charge < -0.3 is 14.3 Å². The Hall–Kier alpha value is -2.82. The van der Waals surface area contributed by atoms with Crippen LogP contribution >= 0.6 is 12.6 Å². The maximum atomic E-state index is 12.2. The lowest BCUT2D eigenvalue weighted by Gasteiger charge is -2.26. The third-order valence-corrected chi connectivity index (χ3v) is 3.66. The van der Waals surface area contributed by atoms with Gasteiger partial charge in [-0.15, -0.1) is 0 Å². The summed E-state index contributed by atoms with van der Waals surface area (Å²) in [6.45, 7) is 1.51. The number of amides is 1. The molecule has 0 bridgehead atoms. The molecular formula is C16H20N2O8S. The molecule has 0 fully saturated rings. The number of hydrogen-bond acceptors (Lipinski definition) is 9. The summed E-state index contributed by atoms with van der Waals surface area (Å²) in [4.78, 5) is 50.8. The van der Waals surface area contributed by atoms with Gasteiger partial charge in [-0.2, -0.15) is 17.7 Å². The monoisotopic (exact) mass is 400 g/mol. The summed E-state index contributed by atoms with van der Waals surface area (Å²) in [7, 11) is 1.13. The largest absolute Gasteiger partial charge is 0.533 e. The number of ether oxygens (including phenoxy) is 2. The summed E-state index contributed by atoms with van der Waals surface area (Å²) in [6.07, 6.45) is -0.707. The number of rotatable bonds is 8. The first-order valence-electron chi connectivity index (χ1n) is 7.92. The van der Waals surface area contributed by atoms with Gasteiger partial charge in [0.05, 0.1) is 12.0 Å². The molecule has 0 aliphatic rings. The van der Waals surface area contributed by atoms with Gasteiger partial charge in [0.15, 0.2) is 6.04 Å². The predicted octanol–water partition coefficient (Wildman–Crippen LogP) is 2.26. The molecule has 0 radical (unpaired) electrons. The second kappa shape index (κ2) is 11.0. The van der Waals surface area contributed by atoms with Crippen LogP contribution < -0.4 is 0 Å². The van der Waals surface area contributed by atoms with Gasteiger partial charge in [-0.1, -0.05) is 6.92 Å². The second-order valence-corrected chi connectivity index (χ2v) is 5.61. The minimum Gasteiger partial charge on any atom is -0.467 e. The van der Waals surface area contributed by atoms with Crippen molar-refractivity contribution < 1.29 is 33.6 Å². The fourth-order valence-electron chi connectivity index (χ4n) is 1.96. The molecular weight excluding hydrogens is 380 g/mol. The Bertz CT molecular complexity index is 680. The van der Waals surface area contributed by atoms with Crippen molar-refractivity contribution in [2.45, 2.75) is 32.4 Å². The van der Waals surface area contributed by atoms with E-state index in [0.717, 1.165) is 7.11 Å². The van der Waals surface area contributed by atoms with Gasteiger partial charge in [-0.05, 0) is 24.1 Å². The Kier molecular flexibility index (Phi) is 9.06. The number of nitro groups is 1. The van der Waals surface area contributed by atoms with Gasteiger partial charge in [0.1, 0.15) is 6.61 Å². The number of hydrogen-bond donors (Lipinski definition) is 1. The maximum absolute atomic E-state index is 12.2. The zero-order valence-electron chi connectivity index (χ0n) is 14.8. The Labute approximate surface area is 160 Å². The standard InChI is InChI=1S/C16H20N2O8S/c1-3-4-14(19)17(13(10-27)15(20)24-2)26-16(21)25-9-11-5-7-12(8-6-11)18(22)23/h5-8,13,27H,3-4,9-10H2,1-2H3. The fraction of sp³-hybridized carbons (Fsp3) is 0.438. The van der Waals surface area contributed by atoms with Crippen LogP contribution in [-0.4, -0.2) is 46.9 Å². The number of benzene rings is 1. The Morgan fingerprint density at radius 1 is 1.26 bits per heavy atom. The first-order chi connectivity index (χ1) is 12.8. The van der Waals surface area contributed by atoms with Crippen molar-refractivity contribution in [2.75, 3.05) is 12.9 Å². The molecule has 0 N–H and O–H groups in total. The zero-order chi connectivity index (χ0) is 20.4. The summed E-state index contributed by atoms with van der Waals surface area (Å²) in [5, 5.41) is 11.2. The molecule has 0 saturated carbocycles. The zero-order valence-corrected chi connectivity index (χ0v) is 15.7. The van der Waals surface area contributed by atoms with Crippen molar-refractivity contribution in [2.24, 2.45) is 0 Å². The summed E-state index contributed by atoms with van der Waals surface area (Å²) in [6, 6.07) is 4.13. The molecule has 1 rings (SSSR count). The third kappa shape index (κ3) is 6.77. The van der Waals surface area contributed by atoms with E-state index in [9.17, 15) is 24.5 Å². The maximum Gasteiger partial charge on any atom is 0.533 e. The van der Waals surface area contributed by atoms with Crippen molar-refractivity contribution in [1.29, 1.82) is 0 Å². The average molecular weight is 400 g/mol.